The fraction of sp³-hybridized carbons (Fsp3) is 0.407. The van der Waals surface area contributed by atoms with Gasteiger partial charge >= 0.3 is 12.1 Å². The highest BCUT2D eigenvalue weighted by molar-refractivity contribution is 5.87. The zero-order chi connectivity index (χ0) is 24.5. The van der Waals surface area contributed by atoms with Gasteiger partial charge in [0, 0.05) is 25.4 Å². The zero-order valence-corrected chi connectivity index (χ0v) is 19.2. The Hall–Kier alpha value is -3.86. The molecule has 1 saturated heterocycles. The lowest BCUT2D eigenvalue weighted by Crippen LogP contribution is -2.49. The SMILES string of the molecule is N#CCCCC(NC(=O)OCC1c2ccccc2-c2ccccc21)C(=O)N1CC2C(C1)C2C(=O)O. The summed E-state index contributed by atoms with van der Waals surface area (Å²) in [5.74, 6) is -1.52. The third-order valence-electron chi connectivity index (χ3n) is 7.51. The number of hydrogen-bond acceptors (Lipinski definition) is 5. The molecular formula is C27H27N3O5. The third-order valence-corrected chi connectivity index (χ3v) is 7.51. The van der Waals surface area contributed by atoms with Gasteiger partial charge in [-0.25, -0.2) is 4.79 Å². The lowest BCUT2D eigenvalue weighted by atomic mass is 9.98. The molecule has 1 saturated carbocycles. The van der Waals surface area contributed by atoms with Crippen molar-refractivity contribution in [2.45, 2.75) is 31.2 Å². The predicted octanol–water partition coefficient (Wildman–Crippen LogP) is 3.38. The average molecular weight is 474 g/mol. The van der Waals surface area contributed by atoms with E-state index in [4.69, 9.17) is 10.00 Å². The van der Waals surface area contributed by atoms with E-state index in [1.54, 1.807) is 4.90 Å². The number of rotatable bonds is 8. The minimum Gasteiger partial charge on any atom is -0.481 e. The first kappa shape index (κ1) is 22.9. The minimum absolute atomic E-state index is 0.00865. The number of carboxylic acids is 1. The molecule has 2 aliphatic carbocycles. The molecule has 35 heavy (non-hydrogen) atoms. The van der Waals surface area contributed by atoms with Crippen LogP contribution >= 0.6 is 0 Å². The number of aliphatic carboxylic acids is 1. The molecule has 2 N–H and O–H groups in total. The van der Waals surface area contributed by atoms with Gasteiger partial charge in [-0.05, 0) is 46.9 Å². The molecule has 0 aromatic heterocycles. The number of carboxylic acid groups (broad SMARTS) is 1. The van der Waals surface area contributed by atoms with E-state index in [-0.39, 0.29) is 42.6 Å². The molecule has 8 heteroatoms. The van der Waals surface area contributed by atoms with Gasteiger partial charge in [-0.3, -0.25) is 9.59 Å². The molecule has 0 spiro atoms. The number of carbonyl (C=O) groups is 3. The summed E-state index contributed by atoms with van der Waals surface area (Å²) >= 11 is 0. The molecule has 3 unspecified atom stereocenters. The number of alkyl carbamates (subject to hydrolysis) is 1. The van der Waals surface area contributed by atoms with Crippen LogP contribution < -0.4 is 5.32 Å². The van der Waals surface area contributed by atoms with Gasteiger partial charge in [0.05, 0.1) is 12.0 Å². The Balaban J connectivity index is 1.22. The van der Waals surface area contributed by atoms with Crippen molar-refractivity contribution in [3.63, 3.8) is 0 Å². The molecule has 2 aromatic rings. The topological polar surface area (TPSA) is 120 Å². The summed E-state index contributed by atoms with van der Waals surface area (Å²) in [5, 5.41) is 20.8. The Morgan fingerprint density at radius 1 is 1.06 bits per heavy atom. The van der Waals surface area contributed by atoms with Gasteiger partial charge in [0.25, 0.3) is 0 Å². The van der Waals surface area contributed by atoms with E-state index in [2.05, 4.69) is 23.5 Å². The maximum Gasteiger partial charge on any atom is 0.407 e. The van der Waals surface area contributed by atoms with E-state index in [0.29, 0.717) is 25.9 Å². The first-order chi connectivity index (χ1) is 17.0. The van der Waals surface area contributed by atoms with E-state index in [9.17, 15) is 19.5 Å². The summed E-state index contributed by atoms with van der Waals surface area (Å²) in [6.45, 7) is 0.927. The number of nitrogens with zero attached hydrogens (tertiary/aromatic N) is 2. The lowest BCUT2D eigenvalue weighted by molar-refractivity contribution is -0.141. The first-order valence-electron chi connectivity index (χ1n) is 12.0. The van der Waals surface area contributed by atoms with E-state index in [0.717, 1.165) is 22.3 Å². The minimum atomic E-state index is -0.811. The molecule has 180 valence electrons. The molecule has 1 heterocycles. The van der Waals surface area contributed by atoms with Crippen molar-refractivity contribution in [1.82, 2.24) is 10.2 Å². The fourth-order valence-corrected chi connectivity index (χ4v) is 5.72. The Bertz CT molecular complexity index is 1150. The summed E-state index contributed by atoms with van der Waals surface area (Å²) in [6.07, 6.45) is 0.400. The number of benzene rings is 2. The zero-order valence-electron chi connectivity index (χ0n) is 19.2. The number of likely N-dealkylation sites (tertiary alicyclic amines) is 1. The van der Waals surface area contributed by atoms with Gasteiger partial charge in [0.15, 0.2) is 0 Å². The number of ether oxygens (including phenoxy) is 1. The second-order valence-corrected chi connectivity index (χ2v) is 9.51. The molecule has 5 rings (SSSR count). The van der Waals surface area contributed by atoms with Crippen LogP contribution in [0.25, 0.3) is 11.1 Å². The number of nitrogens with one attached hydrogen (secondary N) is 1. The van der Waals surface area contributed by atoms with Gasteiger partial charge < -0.3 is 20.1 Å². The fourth-order valence-electron chi connectivity index (χ4n) is 5.72. The maximum absolute atomic E-state index is 13.1. The highest BCUT2D eigenvalue weighted by Crippen LogP contribution is 2.52. The van der Waals surface area contributed by atoms with Crippen molar-refractivity contribution >= 4 is 18.0 Å². The Labute approximate surface area is 203 Å². The number of unbranched alkanes of at least 4 members (excludes halogenated alkanes) is 1. The molecular weight excluding hydrogens is 446 g/mol. The van der Waals surface area contributed by atoms with Gasteiger partial charge in [-0.2, -0.15) is 5.26 Å². The van der Waals surface area contributed by atoms with E-state index >= 15 is 0 Å². The summed E-state index contributed by atoms with van der Waals surface area (Å²) < 4.78 is 5.60. The van der Waals surface area contributed by atoms with E-state index < -0.39 is 18.1 Å². The monoisotopic (exact) mass is 473 g/mol. The lowest BCUT2D eigenvalue weighted by Gasteiger charge is -2.26. The van der Waals surface area contributed by atoms with Gasteiger partial charge in [-0.1, -0.05) is 48.5 Å². The largest absolute Gasteiger partial charge is 0.481 e. The molecule has 2 fully saturated rings. The Morgan fingerprint density at radius 3 is 2.23 bits per heavy atom. The van der Waals surface area contributed by atoms with Crippen molar-refractivity contribution in [1.29, 1.82) is 5.26 Å². The number of carbonyl (C=O) groups excluding carboxylic acids is 2. The second-order valence-electron chi connectivity index (χ2n) is 9.51. The quantitative estimate of drug-likeness (QED) is 0.567. The molecule has 2 aromatic carbocycles. The van der Waals surface area contributed by atoms with Crippen LogP contribution in [0.15, 0.2) is 48.5 Å². The van der Waals surface area contributed by atoms with Crippen molar-refractivity contribution in [2.75, 3.05) is 19.7 Å². The molecule has 3 aliphatic rings. The number of piperidine rings is 1. The third kappa shape index (κ3) is 4.34. The molecule has 1 aliphatic heterocycles. The summed E-state index contributed by atoms with van der Waals surface area (Å²) in [7, 11) is 0. The number of nitriles is 1. The number of hydrogen-bond donors (Lipinski definition) is 2. The van der Waals surface area contributed by atoms with Crippen molar-refractivity contribution in [2.24, 2.45) is 17.8 Å². The average Bonchev–Trinajstić information content (AvgIpc) is 3.21. The predicted molar refractivity (Wildman–Crippen MR) is 126 cm³/mol. The number of fused-ring (bicyclic) bond motifs is 4. The normalized spacial score (nSPS) is 22.4. The molecule has 0 bridgehead atoms. The summed E-state index contributed by atoms with van der Waals surface area (Å²) in [4.78, 5) is 38.8. The van der Waals surface area contributed by atoms with Gasteiger partial charge in [0.1, 0.15) is 12.6 Å². The van der Waals surface area contributed by atoms with Crippen LogP contribution in [-0.4, -0.2) is 53.7 Å². The highest BCUT2D eigenvalue weighted by atomic mass is 16.5. The van der Waals surface area contributed by atoms with Crippen LogP contribution in [0, 0.1) is 29.1 Å². The number of amides is 2. The summed E-state index contributed by atoms with van der Waals surface area (Å²) in [5.41, 5.74) is 4.47. The smallest absolute Gasteiger partial charge is 0.407 e. The second kappa shape index (κ2) is 9.41. The van der Waals surface area contributed by atoms with Crippen molar-refractivity contribution in [3.8, 4) is 17.2 Å². The van der Waals surface area contributed by atoms with Crippen LogP contribution in [-0.2, 0) is 14.3 Å². The van der Waals surface area contributed by atoms with Crippen LogP contribution in [0.5, 0.6) is 0 Å². The van der Waals surface area contributed by atoms with Gasteiger partial charge in [0.2, 0.25) is 5.91 Å². The van der Waals surface area contributed by atoms with E-state index in [1.807, 2.05) is 36.4 Å². The van der Waals surface area contributed by atoms with Crippen molar-refractivity contribution < 1.29 is 24.2 Å². The molecule has 8 nitrogen and oxygen atoms in total. The highest BCUT2D eigenvalue weighted by Gasteiger charge is 2.60. The van der Waals surface area contributed by atoms with Crippen LogP contribution in [0.2, 0.25) is 0 Å². The van der Waals surface area contributed by atoms with Crippen LogP contribution in [0.1, 0.15) is 36.3 Å². The van der Waals surface area contributed by atoms with Gasteiger partial charge in [-0.15, -0.1) is 0 Å². The first-order valence-corrected chi connectivity index (χ1v) is 12.0. The summed E-state index contributed by atoms with van der Waals surface area (Å²) in [6, 6.07) is 17.4. The maximum atomic E-state index is 13.1. The van der Waals surface area contributed by atoms with Crippen molar-refractivity contribution in [3.05, 3.63) is 59.7 Å². The Kier molecular flexibility index (Phi) is 6.16. The molecule has 2 amide bonds. The standard InChI is InChI=1S/C27H27N3O5/c28-12-6-5-11-23(25(31)30-13-20-21(14-30)24(20)26(32)33)29-27(34)35-15-22-18-9-3-1-7-16(18)17-8-2-4-10-19(17)22/h1-4,7-10,20-24H,5-6,11,13-15H2,(H,29,34)(H,32,33). The van der Waals surface area contributed by atoms with Crippen LogP contribution in [0.4, 0.5) is 4.79 Å². The Morgan fingerprint density at radius 2 is 1.66 bits per heavy atom. The van der Waals surface area contributed by atoms with Crippen LogP contribution in [0.3, 0.4) is 0 Å². The van der Waals surface area contributed by atoms with E-state index in [1.165, 1.54) is 0 Å². The molecule has 3 atom stereocenters. The molecule has 0 radical (unpaired) electrons.